The average molecular weight is 532 g/mol. The molecule has 0 aromatic heterocycles. The molecule has 1 saturated heterocycles. The van der Waals surface area contributed by atoms with Gasteiger partial charge in [0.1, 0.15) is 0 Å². The summed E-state index contributed by atoms with van der Waals surface area (Å²) in [4.78, 5) is 15.9. The fourth-order valence-electron chi connectivity index (χ4n) is 3.11. The molecule has 1 fully saturated rings. The predicted octanol–water partition coefficient (Wildman–Crippen LogP) is 3.54. The average Bonchev–Trinajstić information content (AvgIpc) is 2.74. The first-order valence-corrected chi connectivity index (χ1v) is 10.7. The van der Waals surface area contributed by atoms with E-state index in [-0.39, 0.29) is 29.9 Å². The molecule has 1 heterocycles. The molecule has 7 nitrogen and oxygen atoms in total. The topological polar surface area (TPSA) is 84.0 Å². The van der Waals surface area contributed by atoms with E-state index in [0.717, 1.165) is 75.9 Å². The number of guanidine groups is 1. The van der Waals surface area contributed by atoms with Gasteiger partial charge in [0.2, 0.25) is 5.91 Å². The van der Waals surface area contributed by atoms with Gasteiger partial charge in [-0.15, -0.1) is 24.0 Å². The Labute approximate surface area is 197 Å². The summed E-state index contributed by atoms with van der Waals surface area (Å²) in [6.07, 6.45) is 4.56. The van der Waals surface area contributed by atoms with Gasteiger partial charge in [0.15, 0.2) is 5.96 Å². The number of anilines is 1. The molecule has 3 N–H and O–H groups in total. The SMILES string of the molecule is CCCC(=O)Nc1ccc(CNC(=NC)NCCCOCC2CCOCC2)cc1.I. The summed E-state index contributed by atoms with van der Waals surface area (Å²) >= 11 is 0. The Bertz CT molecular complexity index is 619. The van der Waals surface area contributed by atoms with E-state index < -0.39 is 0 Å². The Balaban J connectivity index is 0.00000450. The lowest BCUT2D eigenvalue weighted by Gasteiger charge is -2.21. The minimum atomic E-state index is 0. The van der Waals surface area contributed by atoms with Crippen LogP contribution in [-0.2, 0) is 20.8 Å². The second-order valence-electron chi connectivity index (χ2n) is 7.33. The highest BCUT2D eigenvalue weighted by Gasteiger charge is 2.13. The number of benzene rings is 1. The van der Waals surface area contributed by atoms with E-state index in [1.165, 1.54) is 0 Å². The fourth-order valence-corrected chi connectivity index (χ4v) is 3.11. The number of amides is 1. The van der Waals surface area contributed by atoms with E-state index >= 15 is 0 Å². The Hall–Kier alpha value is -1.39. The number of rotatable bonds is 11. The molecule has 170 valence electrons. The molecule has 1 amide bonds. The molecule has 8 heteroatoms. The van der Waals surface area contributed by atoms with Crippen LogP contribution >= 0.6 is 24.0 Å². The Morgan fingerprint density at radius 3 is 2.60 bits per heavy atom. The van der Waals surface area contributed by atoms with Crippen molar-refractivity contribution in [3.8, 4) is 0 Å². The monoisotopic (exact) mass is 532 g/mol. The van der Waals surface area contributed by atoms with Crippen LogP contribution in [0.4, 0.5) is 5.69 Å². The van der Waals surface area contributed by atoms with E-state index in [1.54, 1.807) is 7.05 Å². The van der Waals surface area contributed by atoms with E-state index in [0.29, 0.717) is 18.9 Å². The molecule has 1 aliphatic heterocycles. The molecule has 30 heavy (non-hydrogen) atoms. The van der Waals surface area contributed by atoms with Gasteiger partial charge in [-0.25, -0.2) is 0 Å². The Kier molecular flexibility index (Phi) is 14.5. The number of carbonyl (C=O) groups is 1. The highest BCUT2D eigenvalue weighted by atomic mass is 127. The van der Waals surface area contributed by atoms with E-state index in [9.17, 15) is 4.79 Å². The van der Waals surface area contributed by atoms with Gasteiger partial charge in [0, 0.05) is 58.7 Å². The second-order valence-corrected chi connectivity index (χ2v) is 7.33. The summed E-state index contributed by atoms with van der Waals surface area (Å²) < 4.78 is 11.2. The molecule has 0 saturated carbocycles. The minimum Gasteiger partial charge on any atom is -0.381 e. The molecule has 1 aliphatic rings. The van der Waals surface area contributed by atoms with Crippen molar-refractivity contribution in [2.75, 3.05) is 45.3 Å². The first kappa shape index (κ1) is 26.6. The van der Waals surface area contributed by atoms with E-state index in [4.69, 9.17) is 9.47 Å². The second kappa shape index (κ2) is 16.3. The fraction of sp³-hybridized carbons (Fsp3) is 0.636. The van der Waals surface area contributed by atoms with Gasteiger partial charge >= 0.3 is 0 Å². The number of halogens is 1. The summed E-state index contributed by atoms with van der Waals surface area (Å²) in [5.41, 5.74) is 1.96. The van der Waals surface area contributed by atoms with Crippen LogP contribution in [0.3, 0.4) is 0 Å². The molecule has 0 atom stereocenters. The molecule has 0 aliphatic carbocycles. The van der Waals surface area contributed by atoms with Gasteiger partial charge in [0.25, 0.3) is 0 Å². The molecule has 0 radical (unpaired) electrons. The summed E-state index contributed by atoms with van der Waals surface area (Å²) in [5, 5.41) is 9.52. The normalized spacial score (nSPS) is 14.7. The van der Waals surface area contributed by atoms with Crippen LogP contribution in [0.5, 0.6) is 0 Å². The van der Waals surface area contributed by atoms with Gasteiger partial charge < -0.3 is 25.4 Å². The van der Waals surface area contributed by atoms with Crippen molar-refractivity contribution in [1.82, 2.24) is 10.6 Å². The lowest BCUT2D eigenvalue weighted by molar-refractivity contribution is -0.116. The highest BCUT2D eigenvalue weighted by molar-refractivity contribution is 14.0. The maximum absolute atomic E-state index is 11.6. The summed E-state index contributed by atoms with van der Waals surface area (Å²) in [6.45, 7) is 6.81. The highest BCUT2D eigenvalue weighted by Crippen LogP contribution is 2.14. The zero-order chi connectivity index (χ0) is 20.7. The van der Waals surface area contributed by atoms with Crippen molar-refractivity contribution in [3.05, 3.63) is 29.8 Å². The number of nitrogens with one attached hydrogen (secondary N) is 3. The van der Waals surface area contributed by atoms with Gasteiger partial charge in [0.05, 0.1) is 0 Å². The molecule has 0 unspecified atom stereocenters. The van der Waals surface area contributed by atoms with Crippen LogP contribution in [-0.4, -0.2) is 51.9 Å². The van der Waals surface area contributed by atoms with E-state index in [2.05, 4.69) is 20.9 Å². The van der Waals surface area contributed by atoms with Gasteiger partial charge in [-0.05, 0) is 49.3 Å². The Morgan fingerprint density at radius 2 is 1.93 bits per heavy atom. The zero-order valence-corrected chi connectivity index (χ0v) is 20.6. The zero-order valence-electron chi connectivity index (χ0n) is 18.2. The molecule has 1 aromatic carbocycles. The summed E-state index contributed by atoms with van der Waals surface area (Å²) in [6, 6.07) is 7.87. The summed E-state index contributed by atoms with van der Waals surface area (Å²) in [7, 11) is 1.77. The number of carbonyl (C=O) groups excluding carboxylic acids is 1. The Morgan fingerprint density at radius 1 is 1.20 bits per heavy atom. The molecule has 0 bridgehead atoms. The van der Waals surface area contributed by atoms with Crippen molar-refractivity contribution < 1.29 is 14.3 Å². The lowest BCUT2D eigenvalue weighted by Crippen LogP contribution is -2.37. The number of aliphatic imine (C=N–C) groups is 1. The van der Waals surface area contributed by atoms with Gasteiger partial charge in [-0.3, -0.25) is 9.79 Å². The first-order chi connectivity index (χ1) is 14.2. The summed E-state index contributed by atoms with van der Waals surface area (Å²) in [5.74, 6) is 1.48. The maximum Gasteiger partial charge on any atom is 0.224 e. The molecule has 1 aromatic rings. The van der Waals surface area contributed by atoms with Crippen LogP contribution in [0, 0.1) is 5.92 Å². The third kappa shape index (κ3) is 11.1. The number of hydrogen-bond donors (Lipinski definition) is 3. The van der Waals surface area contributed by atoms with Crippen molar-refractivity contribution in [3.63, 3.8) is 0 Å². The van der Waals surface area contributed by atoms with Crippen molar-refractivity contribution in [2.24, 2.45) is 10.9 Å². The third-order valence-electron chi connectivity index (χ3n) is 4.85. The van der Waals surface area contributed by atoms with Crippen LogP contribution in [0.1, 0.15) is 44.6 Å². The van der Waals surface area contributed by atoms with Crippen LogP contribution in [0.15, 0.2) is 29.3 Å². The quantitative estimate of drug-likeness (QED) is 0.176. The van der Waals surface area contributed by atoms with E-state index in [1.807, 2.05) is 31.2 Å². The standard InChI is InChI=1S/C22H36N4O3.HI/c1-3-5-21(27)26-20-8-6-18(7-9-20)16-25-22(23-2)24-12-4-13-29-17-19-10-14-28-15-11-19;/h6-9,19H,3-5,10-17H2,1-2H3,(H,26,27)(H2,23,24,25);1H. The van der Waals surface area contributed by atoms with Crippen molar-refractivity contribution in [2.45, 2.75) is 45.6 Å². The van der Waals surface area contributed by atoms with Crippen molar-refractivity contribution in [1.29, 1.82) is 0 Å². The minimum absolute atomic E-state index is 0. The molecular weight excluding hydrogens is 495 g/mol. The number of ether oxygens (including phenoxy) is 2. The van der Waals surface area contributed by atoms with Gasteiger partial charge in [-0.1, -0.05) is 19.1 Å². The molecular formula is C22H37IN4O3. The number of nitrogens with zero attached hydrogens (tertiary/aromatic N) is 1. The molecule has 0 spiro atoms. The van der Waals surface area contributed by atoms with Crippen molar-refractivity contribution >= 4 is 41.5 Å². The maximum atomic E-state index is 11.6. The first-order valence-electron chi connectivity index (χ1n) is 10.7. The van der Waals surface area contributed by atoms with Crippen LogP contribution < -0.4 is 16.0 Å². The molecule has 2 rings (SSSR count). The van der Waals surface area contributed by atoms with Gasteiger partial charge in [-0.2, -0.15) is 0 Å². The largest absolute Gasteiger partial charge is 0.381 e. The lowest BCUT2D eigenvalue weighted by atomic mass is 10.0. The smallest absolute Gasteiger partial charge is 0.224 e. The predicted molar refractivity (Wildman–Crippen MR) is 133 cm³/mol. The van der Waals surface area contributed by atoms with Crippen LogP contribution in [0.25, 0.3) is 0 Å². The third-order valence-corrected chi connectivity index (χ3v) is 4.85. The number of hydrogen-bond acceptors (Lipinski definition) is 4. The van der Waals surface area contributed by atoms with Crippen LogP contribution in [0.2, 0.25) is 0 Å².